The van der Waals surface area contributed by atoms with Crippen molar-refractivity contribution >= 4 is 5.91 Å². The second-order valence-corrected chi connectivity index (χ2v) is 8.73. The molecule has 30 heavy (non-hydrogen) atoms. The maximum Gasteiger partial charge on any atom is 0.220 e. The van der Waals surface area contributed by atoms with Gasteiger partial charge in [0, 0.05) is 24.1 Å². The summed E-state index contributed by atoms with van der Waals surface area (Å²) in [4.78, 5) is 12.6. The van der Waals surface area contributed by atoms with E-state index in [1.165, 1.54) is 19.3 Å². The Balaban J connectivity index is 1.35. The van der Waals surface area contributed by atoms with Gasteiger partial charge in [0.05, 0.1) is 12.8 Å². The van der Waals surface area contributed by atoms with Crippen LogP contribution in [0, 0.1) is 11.8 Å². The third-order valence-electron chi connectivity index (χ3n) is 6.59. The molecule has 1 aliphatic heterocycles. The molecule has 2 N–H and O–H groups in total. The van der Waals surface area contributed by atoms with Crippen LogP contribution in [-0.4, -0.2) is 37.3 Å². The lowest BCUT2D eigenvalue weighted by Gasteiger charge is -2.32. The summed E-state index contributed by atoms with van der Waals surface area (Å²) < 4.78 is 10.8. The maximum absolute atomic E-state index is 12.6. The molecule has 6 nitrogen and oxygen atoms in total. The predicted molar refractivity (Wildman–Crippen MR) is 116 cm³/mol. The van der Waals surface area contributed by atoms with Crippen LogP contribution < -0.4 is 15.4 Å². The number of carbonyl (C=O) groups is 1. The van der Waals surface area contributed by atoms with Crippen LogP contribution in [0.2, 0.25) is 0 Å². The first-order valence-corrected chi connectivity index (χ1v) is 11.3. The zero-order valence-corrected chi connectivity index (χ0v) is 17.9. The zero-order valence-electron chi connectivity index (χ0n) is 17.9. The fraction of sp³-hybridized carbons (Fsp3) is 0.583. The number of rotatable bonds is 7. The van der Waals surface area contributed by atoms with Crippen molar-refractivity contribution in [3.8, 4) is 17.1 Å². The molecule has 2 fully saturated rings. The van der Waals surface area contributed by atoms with Crippen LogP contribution in [0.25, 0.3) is 11.3 Å². The summed E-state index contributed by atoms with van der Waals surface area (Å²) in [5, 5.41) is 11.1. The van der Waals surface area contributed by atoms with E-state index in [0.29, 0.717) is 24.3 Å². The lowest BCUT2D eigenvalue weighted by Crippen LogP contribution is -2.42. The highest BCUT2D eigenvalue weighted by Gasteiger charge is 2.29. The molecule has 1 aromatic carbocycles. The molecule has 6 heteroatoms. The second-order valence-electron chi connectivity index (χ2n) is 8.73. The molecule has 2 atom stereocenters. The van der Waals surface area contributed by atoms with Gasteiger partial charge in [0.25, 0.3) is 0 Å². The molecular weight excluding hydrogens is 378 g/mol. The average molecular weight is 412 g/mol. The zero-order chi connectivity index (χ0) is 20.8. The predicted octanol–water partition coefficient (Wildman–Crippen LogP) is 3.96. The van der Waals surface area contributed by atoms with Gasteiger partial charge in [-0.25, -0.2) is 0 Å². The van der Waals surface area contributed by atoms with Crippen molar-refractivity contribution in [3.05, 3.63) is 36.0 Å². The van der Waals surface area contributed by atoms with Crippen molar-refractivity contribution in [2.45, 2.75) is 57.4 Å². The average Bonchev–Trinajstić information content (AvgIpc) is 3.24. The fourth-order valence-corrected chi connectivity index (χ4v) is 4.82. The van der Waals surface area contributed by atoms with Crippen LogP contribution in [0.3, 0.4) is 0 Å². The Morgan fingerprint density at radius 2 is 1.97 bits per heavy atom. The number of ether oxygens (including phenoxy) is 1. The standard InChI is InChI=1S/C24H33N3O3/c1-29-22-9-7-17(8-10-22)23-15-21(27-30-23)13-19-16-25-12-11-18(19)14-24(28)26-20-5-3-2-4-6-20/h7-10,15,18-20,25H,2-6,11-14,16H2,1H3,(H,26,28)/t18-,19-/m0/s1. The molecule has 1 saturated carbocycles. The molecule has 162 valence electrons. The highest BCUT2D eigenvalue weighted by atomic mass is 16.5. The Kier molecular flexibility index (Phi) is 7.05. The van der Waals surface area contributed by atoms with E-state index >= 15 is 0 Å². The van der Waals surface area contributed by atoms with Crippen LogP contribution in [0.1, 0.15) is 50.6 Å². The van der Waals surface area contributed by atoms with Gasteiger partial charge >= 0.3 is 0 Å². The van der Waals surface area contributed by atoms with Crippen molar-refractivity contribution < 1.29 is 14.1 Å². The van der Waals surface area contributed by atoms with Gasteiger partial charge in [-0.2, -0.15) is 0 Å². The maximum atomic E-state index is 12.6. The van der Waals surface area contributed by atoms with Crippen LogP contribution in [-0.2, 0) is 11.2 Å². The van der Waals surface area contributed by atoms with Crippen molar-refractivity contribution in [2.24, 2.45) is 11.8 Å². The van der Waals surface area contributed by atoms with E-state index in [-0.39, 0.29) is 5.91 Å². The summed E-state index contributed by atoms with van der Waals surface area (Å²) in [5.41, 5.74) is 1.94. The molecule has 1 amide bonds. The Morgan fingerprint density at radius 1 is 1.17 bits per heavy atom. The third-order valence-corrected chi connectivity index (χ3v) is 6.59. The topological polar surface area (TPSA) is 76.4 Å². The first kappa shape index (κ1) is 20.9. The summed E-state index contributed by atoms with van der Waals surface area (Å²) in [6.07, 6.45) is 8.53. The normalized spacial score (nSPS) is 22.6. The number of methoxy groups -OCH3 is 1. The monoisotopic (exact) mass is 411 g/mol. The molecule has 2 aliphatic rings. The lowest BCUT2D eigenvalue weighted by atomic mass is 9.81. The number of hydrogen-bond acceptors (Lipinski definition) is 5. The number of nitrogens with one attached hydrogen (secondary N) is 2. The minimum atomic E-state index is 0.220. The number of hydrogen-bond donors (Lipinski definition) is 2. The fourth-order valence-electron chi connectivity index (χ4n) is 4.82. The molecule has 2 heterocycles. The van der Waals surface area contributed by atoms with E-state index in [1.54, 1.807) is 7.11 Å². The molecule has 0 unspecified atom stereocenters. The van der Waals surface area contributed by atoms with Gasteiger partial charge in [-0.15, -0.1) is 0 Å². The molecule has 2 aromatic rings. The number of aromatic nitrogens is 1. The Labute approximate surface area is 178 Å². The van der Waals surface area contributed by atoms with Crippen molar-refractivity contribution in [2.75, 3.05) is 20.2 Å². The highest BCUT2D eigenvalue weighted by Crippen LogP contribution is 2.29. The van der Waals surface area contributed by atoms with Gasteiger partial charge in [0.2, 0.25) is 5.91 Å². The summed E-state index contributed by atoms with van der Waals surface area (Å²) in [6.45, 7) is 1.90. The van der Waals surface area contributed by atoms with Crippen LogP contribution in [0.15, 0.2) is 34.9 Å². The molecular formula is C24H33N3O3. The van der Waals surface area contributed by atoms with Gasteiger partial charge in [-0.05, 0) is 74.9 Å². The van der Waals surface area contributed by atoms with Gasteiger partial charge in [-0.3, -0.25) is 4.79 Å². The molecule has 1 saturated heterocycles. The molecule has 0 radical (unpaired) electrons. The van der Waals surface area contributed by atoms with E-state index < -0.39 is 0 Å². The minimum Gasteiger partial charge on any atom is -0.497 e. The Morgan fingerprint density at radius 3 is 2.73 bits per heavy atom. The van der Waals surface area contributed by atoms with Crippen LogP contribution in [0.4, 0.5) is 0 Å². The summed E-state index contributed by atoms with van der Waals surface area (Å²) in [7, 11) is 1.66. The van der Waals surface area contributed by atoms with Crippen LogP contribution in [0.5, 0.6) is 5.75 Å². The van der Waals surface area contributed by atoms with E-state index in [4.69, 9.17) is 9.26 Å². The third kappa shape index (κ3) is 5.42. The molecule has 4 rings (SSSR count). The number of amides is 1. The number of nitrogens with zero attached hydrogens (tertiary/aromatic N) is 1. The summed E-state index contributed by atoms with van der Waals surface area (Å²) in [5.74, 6) is 2.59. The lowest BCUT2D eigenvalue weighted by molar-refractivity contribution is -0.123. The Bertz CT molecular complexity index is 811. The number of carbonyl (C=O) groups excluding carboxylic acids is 1. The quantitative estimate of drug-likeness (QED) is 0.721. The van der Waals surface area contributed by atoms with Crippen molar-refractivity contribution in [1.29, 1.82) is 0 Å². The van der Waals surface area contributed by atoms with Gasteiger partial charge in [0.15, 0.2) is 5.76 Å². The SMILES string of the molecule is COc1ccc(-c2cc(C[C@H]3CNCC[C@H]3CC(=O)NC3CCCCC3)no2)cc1. The minimum absolute atomic E-state index is 0.220. The summed E-state index contributed by atoms with van der Waals surface area (Å²) >= 11 is 0. The first-order valence-electron chi connectivity index (χ1n) is 11.3. The van der Waals surface area contributed by atoms with Crippen LogP contribution >= 0.6 is 0 Å². The van der Waals surface area contributed by atoms with E-state index in [1.807, 2.05) is 30.3 Å². The number of piperidine rings is 1. The van der Waals surface area contributed by atoms with Gasteiger partial charge in [0.1, 0.15) is 5.75 Å². The smallest absolute Gasteiger partial charge is 0.220 e. The first-order chi connectivity index (χ1) is 14.7. The largest absolute Gasteiger partial charge is 0.497 e. The number of benzene rings is 1. The molecule has 0 bridgehead atoms. The van der Waals surface area contributed by atoms with Crippen molar-refractivity contribution in [1.82, 2.24) is 15.8 Å². The van der Waals surface area contributed by atoms with Gasteiger partial charge < -0.3 is 19.9 Å². The van der Waals surface area contributed by atoms with E-state index in [0.717, 1.165) is 61.5 Å². The van der Waals surface area contributed by atoms with E-state index in [9.17, 15) is 4.79 Å². The summed E-state index contributed by atoms with van der Waals surface area (Å²) in [6, 6.07) is 10.2. The molecule has 1 aliphatic carbocycles. The van der Waals surface area contributed by atoms with E-state index in [2.05, 4.69) is 15.8 Å². The second kappa shape index (κ2) is 10.1. The highest BCUT2D eigenvalue weighted by molar-refractivity contribution is 5.76. The van der Waals surface area contributed by atoms with Gasteiger partial charge in [-0.1, -0.05) is 24.4 Å². The molecule has 0 spiro atoms. The molecule has 1 aromatic heterocycles. The Hall–Kier alpha value is -2.34. The van der Waals surface area contributed by atoms with Crippen molar-refractivity contribution in [3.63, 3.8) is 0 Å².